The number of aromatic nitrogens is 3. The highest BCUT2D eigenvalue weighted by Crippen LogP contribution is 2.43. The van der Waals surface area contributed by atoms with Crippen LogP contribution in [0.5, 0.6) is 0 Å². The largest absolute Gasteiger partial charge is 0.323 e. The molecule has 2 aliphatic carbocycles. The maximum absolute atomic E-state index is 6.81. The Morgan fingerprint density at radius 2 is 1.90 bits per heavy atom. The molecule has 0 unspecified atom stereocenters. The first kappa shape index (κ1) is 12.3. The normalized spacial score (nSPS) is 22.9. The van der Waals surface area contributed by atoms with Crippen LogP contribution in [-0.2, 0) is 5.54 Å². The molecule has 106 valence electrons. The first-order valence-corrected chi connectivity index (χ1v) is 7.89. The minimum Gasteiger partial charge on any atom is -0.323 e. The molecule has 0 bridgehead atoms. The second-order valence-corrected chi connectivity index (χ2v) is 6.47. The lowest BCUT2D eigenvalue weighted by molar-refractivity contribution is 0.349. The number of imidazole rings is 1. The van der Waals surface area contributed by atoms with Crippen molar-refractivity contribution in [2.24, 2.45) is 5.73 Å². The fraction of sp³-hybridized carbons (Fsp3) is 0.625. The van der Waals surface area contributed by atoms with Crippen molar-refractivity contribution in [1.82, 2.24) is 14.5 Å². The third kappa shape index (κ3) is 1.94. The smallest absolute Gasteiger partial charge is 0.130 e. The maximum Gasteiger partial charge on any atom is 0.130 e. The Hall–Kier alpha value is -1.42. The fourth-order valence-electron chi connectivity index (χ4n) is 3.59. The molecule has 0 aliphatic heterocycles. The summed E-state index contributed by atoms with van der Waals surface area (Å²) >= 11 is 0. The SMILES string of the molecule is NC1(c2nc3cnccc3n2C2CC2)CCCCCC1. The molecule has 2 N–H and O–H groups in total. The molecular formula is C16H22N4. The van der Waals surface area contributed by atoms with E-state index in [9.17, 15) is 0 Å². The van der Waals surface area contributed by atoms with Gasteiger partial charge in [0.15, 0.2) is 0 Å². The quantitative estimate of drug-likeness (QED) is 0.852. The fourth-order valence-corrected chi connectivity index (χ4v) is 3.59. The van der Waals surface area contributed by atoms with Crippen molar-refractivity contribution in [1.29, 1.82) is 0 Å². The van der Waals surface area contributed by atoms with Crippen molar-refractivity contribution in [3.05, 3.63) is 24.3 Å². The van der Waals surface area contributed by atoms with E-state index in [1.165, 1.54) is 44.0 Å². The van der Waals surface area contributed by atoms with Crippen LogP contribution in [0.15, 0.2) is 18.5 Å². The summed E-state index contributed by atoms with van der Waals surface area (Å²) in [5.41, 5.74) is 8.79. The molecular weight excluding hydrogens is 248 g/mol. The van der Waals surface area contributed by atoms with Crippen LogP contribution in [0.25, 0.3) is 11.0 Å². The molecule has 2 saturated carbocycles. The van der Waals surface area contributed by atoms with Crippen molar-refractivity contribution in [3.8, 4) is 0 Å². The van der Waals surface area contributed by atoms with Crippen molar-refractivity contribution in [2.45, 2.75) is 62.9 Å². The van der Waals surface area contributed by atoms with E-state index in [-0.39, 0.29) is 5.54 Å². The van der Waals surface area contributed by atoms with E-state index < -0.39 is 0 Å². The van der Waals surface area contributed by atoms with Gasteiger partial charge >= 0.3 is 0 Å². The van der Waals surface area contributed by atoms with Gasteiger partial charge in [0.25, 0.3) is 0 Å². The topological polar surface area (TPSA) is 56.7 Å². The number of nitrogens with zero attached hydrogens (tertiary/aromatic N) is 3. The maximum atomic E-state index is 6.81. The summed E-state index contributed by atoms with van der Waals surface area (Å²) in [4.78, 5) is 9.10. The average molecular weight is 270 g/mol. The third-order valence-corrected chi connectivity index (χ3v) is 4.84. The first-order chi connectivity index (χ1) is 9.78. The highest BCUT2D eigenvalue weighted by Gasteiger charge is 2.37. The number of fused-ring (bicyclic) bond motifs is 1. The molecule has 0 aromatic carbocycles. The van der Waals surface area contributed by atoms with Gasteiger partial charge in [-0.1, -0.05) is 25.7 Å². The predicted molar refractivity (Wildman–Crippen MR) is 79.4 cm³/mol. The minimum absolute atomic E-state index is 0.238. The summed E-state index contributed by atoms with van der Waals surface area (Å²) in [6.45, 7) is 0. The van der Waals surface area contributed by atoms with Crippen LogP contribution >= 0.6 is 0 Å². The third-order valence-electron chi connectivity index (χ3n) is 4.84. The van der Waals surface area contributed by atoms with Crippen LogP contribution in [0.3, 0.4) is 0 Å². The second-order valence-electron chi connectivity index (χ2n) is 6.47. The zero-order chi connectivity index (χ0) is 13.6. The van der Waals surface area contributed by atoms with E-state index in [0.29, 0.717) is 6.04 Å². The molecule has 2 fully saturated rings. The van der Waals surface area contributed by atoms with Crippen molar-refractivity contribution < 1.29 is 0 Å². The van der Waals surface area contributed by atoms with E-state index in [1.54, 1.807) is 0 Å². The van der Waals surface area contributed by atoms with Gasteiger partial charge in [-0.15, -0.1) is 0 Å². The second kappa shape index (κ2) is 4.55. The number of rotatable bonds is 2. The number of pyridine rings is 1. The molecule has 2 aromatic heterocycles. The highest BCUT2D eigenvalue weighted by molar-refractivity contribution is 5.75. The molecule has 4 rings (SSSR count). The van der Waals surface area contributed by atoms with Crippen LogP contribution in [0, 0.1) is 0 Å². The van der Waals surface area contributed by atoms with Gasteiger partial charge in [0.2, 0.25) is 0 Å². The summed E-state index contributed by atoms with van der Waals surface area (Å²) in [5.74, 6) is 1.12. The van der Waals surface area contributed by atoms with Crippen LogP contribution in [0.2, 0.25) is 0 Å². The van der Waals surface area contributed by atoms with Crippen molar-refractivity contribution in [3.63, 3.8) is 0 Å². The molecule has 0 atom stereocenters. The summed E-state index contributed by atoms with van der Waals surface area (Å²) in [5, 5.41) is 0. The van der Waals surface area contributed by atoms with Gasteiger partial charge in [0.05, 0.1) is 17.3 Å². The lowest BCUT2D eigenvalue weighted by Crippen LogP contribution is -2.39. The summed E-state index contributed by atoms with van der Waals surface area (Å²) in [7, 11) is 0. The highest BCUT2D eigenvalue weighted by atomic mass is 15.2. The van der Waals surface area contributed by atoms with Gasteiger partial charge < -0.3 is 10.3 Å². The minimum atomic E-state index is -0.238. The molecule has 0 saturated heterocycles. The van der Waals surface area contributed by atoms with E-state index in [4.69, 9.17) is 10.7 Å². The van der Waals surface area contributed by atoms with Crippen molar-refractivity contribution in [2.75, 3.05) is 0 Å². The van der Waals surface area contributed by atoms with Gasteiger partial charge in [-0.25, -0.2) is 4.98 Å². The lowest BCUT2D eigenvalue weighted by Gasteiger charge is -2.28. The monoisotopic (exact) mass is 270 g/mol. The van der Waals surface area contributed by atoms with Crippen molar-refractivity contribution >= 4 is 11.0 Å². The standard InChI is InChI=1S/C16H22N4/c17-16(8-3-1-2-4-9-16)15-19-13-11-18-10-7-14(13)20(15)12-5-6-12/h7,10-12H,1-6,8-9,17H2. The number of hydrogen-bond acceptors (Lipinski definition) is 3. The van der Waals surface area contributed by atoms with Crippen LogP contribution < -0.4 is 5.73 Å². The Kier molecular flexibility index (Phi) is 2.81. The Morgan fingerprint density at radius 1 is 1.15 bits per heavy atom. The Morgan fingerprint density at radius 3 is 2.60 bits per heavy atom. The summed E-state index contributed by atoms with van der Waals surface area (Å²) in [6, 6.07) is 2.70. The predicted octanol–water partition coefficient (Wildman–Crippen LogP) is 3.27. The van der Waals surface area contributed by atoms with Crippen LogP contribution in [0.4, 0.5) is 0 Å². The molecule has 0 spiro atoms. The van der Waals surface area contributed by atoms with Crippen LogP contribution in [-0.4, -0.2) is 14.5 Å². The first-order valence-electron chi connectivity index (χ1n) is 7.89. The van der Waals surface area contributed by atoms with Gasteiger partial charge in [-0.2, -0.15) is 0 Å². The summed E-state index contributed by atoms with van der Waals surface area (Å²) < 4.78 is 2.42. The van der Waals surface area contributed by atoms with Gasteiger partial charge in [0, 0.05) is 12.2 Å². The van der Waals surface area contributed by atoms with Crippen LogP contribution in [0.1, 0.15) is 63.2 Å². The molecule has 0 amide bonds. The zero-order valence-corrected chi connectivity index (χ0v) is 11.9. The molecule has 20 heavy (non-hydrogen) atoms. The Balaban J connectivity index is 1.87. The molecule has 2 heterocycles. The molecule has 4 heteroatoms. The zero-order valence-electron chi connectivity index (χ0n) is 11.9. The van der Waals surface area contributed by atoms with E-state index >= 15 is 0 Å². The van der Waals surface area contributed by atoms with E-state index in [1.807, 2.05) is 12.4 Å². The lowest BCUT2D eigenvalue weighted by atomic mass is 9.90. The van der Waals surface area contributed by atoms with Gasteiger partial charge in [-0.05, 0) is 31.7 Å². The molecule has 4 nitrogen and oxygen atoms in total. The molecule has 0 radical (unpaired) electrons. The van der Waals surface area contributed by atoms with Gasteiger partial charge in [0.1, 0.15) is 11.3 Å². The Bertz CT molecular complexity index is 618. The van der Waals surface area contributed by atoms with Gasteiger partial charge in [-0.3, -0.25) is 4.98 Å². The van der Waals surface area contributed by atoms with E-state index in [0.717, 1.165) is 24.2 Å². The molecule has 2 aromatic rings. The Labute approximate surface area is 119 Å². The number of hydrogen-bond donors (Lipinski definition) is 1. The summed E-state index contributed by atoms with van der Waals surface area (Å²) in [6.07, 6.45) is 13.5. The molecule has 2 aliphatic rings. The number of nitrogens with two attached hydrogens (primary N) is 1. The average Bonchev–Trinajstić information content (AvgIpc) is 3.25. The van der Waals surface area contributed by atoms with E-state index in [2.05, 4.69) is 15.6 Å².